The number of rotatable bonds is 4. The molecular weight excluding hydrogens is 378 g/mol. The zero-order valence-electron chi connectivity index (χ0n) is 15.8. The van der Waals surface area contributed by atoms with E-state index in [1.807, 2.05) is 29.2 Å². The number of carbonyl (C=O) groups excluding carboxylic acids is 1. The van der Waals surface area contributed by atoms with Crippen molar-refractivity contribution >= 4 is 29.0 Å². The molecule has 0 aliphatic carbocycles. The van der Waals surface area contributed by atoms with Gasteiger partial charge in [0.1, 0.15) is 0 Å². The van der Waals surface area contributed by atoms with Gasteiger partial charge in [0.05, 0.1) is 31.5 Å². The van der Waals surface area contributed by atoms with Crippen molar-refractivity contribution in [3.8, 4) is 0 Å². The van der Waals surface area contributed by atoms with Crippen LogP contribution < -0.4 is 9.80 Å². The standard InChI is InChI=1S/C20H24ClN5O2/c21-18-4-2-1-3-16(18)13-20(27)26-7-5-25(6-8-26)19-14-17(15-22-23-19)24-9-11-28-12-10-24/h1-4,14-15H,5-13H2. The summed E-state index contributed by atoms with van der Waals surface area (Å²) in [6.45, 7) is 6.06. The molecule has 0 atom stereocenters. The highest BCUT2D eigenvalue weighted by molar-refractivity contribution is 6.31. The number of ether oxygens (including phenoxy) is 1. The lowest BCUT2D eigenvalue weighted by atomic mass is 10.1. The van der Waals surface area contributed by atoms with E-state index in [2.05, 4.69) is 26.1 Å². The molecule has 1 amide bonds. The maximum Gasteiger partial charge on any atom is 0.227 e. The highest BCUT2D eigenvalue weighted by atomic mass is 35.5. The quantitative estimate of drug-likeness (QED) is 0.779. The number of halogens is 1. The van der Waals surface area contributed by atoms with Crippen LogP contribution in [0, 0.1) is 0 Å². The number of anilines is 2. The number of nitrogens with zero attached hydrogens (tertiary/aromatic N) is 5. The third-order valence-corrected chi connectivity index (χ3v) is 5.63. The Kier molecular flexibility index (Phi) is 5.92. The van der Waals surface area contributed by atoms with E-state index in [0.717, 1.165) is 56.5 Å². The SMILES string of the molecule is O=C(Cc1ccccc1Cl)N1CCN(c2cc(N3CCOCC3)cnn2)CC1. The van der Waals surface area contributed by atoms with Crippen molar-refractivity contribution in [2.75, 3.05) is 62.3 Å². The van der Waals surface area contributed by atoms with Gasteiger partial charge in [0.15, 0.2) is 5.82 Å². The molecule has 1 aromatic heterocycles. The summed E-state index contributed by atoms with van der Waals surface area (Å²) in [6, 6.07) is 9.60. The first kappa shape index (κ1) is 19.0. The van der Waals surface area contributed by atoms with E-state index in [-0.39, 0.29) is 5.91 Å². The largest absolute Gasteiger partial charge is 0.378 e. The Bertz CT molecular complexity index is 820. The minimum Gasteiger partial charge on any atom is -0.378 e. The Hall–Kier alpha value is -2.38. The number of hydrogen-bond acceptors (Lipinski definition) is 6. The molecule has 1 aromatic carbocycles. The Labute approximate surface area is 169 Å². The first-order chi connectivity index (χ1) is 13.7. The molecule has 0 bridgehead atoms. The summed E-state index contributed by atoms with van der Waals surface area (Å²) in [5.74, 6) is 0.975. The molecule has 7 nitrogen and oxygen atoms in total. The minimum absolute atomic E-state index is 0.112. The van der Waals surface area contributed by atoms with Crippen LogP contribution >= 0.6 is 11.6 Å². The summed E-state index contributed by atoms with van der Waals surface area (Å²) in [5.41, 5.74) is 1.95. The molecule has 2 aromatic rings. The van der Waals surface area contributed by atoms with Gasteiger partial charge in [-0.3, -0.25) is 4.79 Å². The molecule has 3 heterocycles. The van der Waals surface area contributed by atoms with Crippen LogP contribution in [0.4, 0.5) is 11.5 Å². The molecule has 2 aliphatic rings. The topological polar surface area (TPSA) is 61.8 Å². The maximum atomic E-state index is 12.6. The normalized spacial score (nSPS) is 17.7. The summed E-state index contributed by atoms with van der Waals surface area (Å²) >= 11 is 6.18. The fourth-order valence-corrected chi connectivity index (χ4v) is 3.80. The third-order valence-electron chi connectivity index (χ3n) is 5.26. The lowest BCUT2D eigenvalue weighted by molar-refractivity contribution is -0.130. The molecule has 0 N–H and O–H groups in total. The van der Waals surface area contributed by atoms with Gasteiger partial charge < -0.3 is 19.4 Å². The average molecular weight is 402 g/mol. The first-order valence-electron chi connectivity index (χ1n) is 9.62. The van der Waals surface area contributed by atoms with Gasteiger partial charge in [0.25, 0.3) is 0 Å². The van der Waals surface area contributed by atoms with Crippen LogP contribution in [0.5, 0.6) is 0 Å². The van der Waals surface area contributed by atoms with E-state index in [9.17, 15) is 4.79 Å². The Morgan fingerprint density at radius 2 is 1.79 bits per heavy atom. The number of carbonyl (C=O) groups is 1. The van der Waals surface area contributed by atoms with Crippen molar-refractivity contribution < 1.29 is 9.53 Å². The molecule has 2 saturated heterocycles. The Morgan fingerprint density at radius 1 is 1.04 bits per heavy atom. The van der Waals surface area contributed by atoms with Crippen LogP contribution in [0.1, 0.15) is 5.56 Å². The summed E-state index contributed by atoms with van der Waals surface area (Å²) < 4.78 is 5.42. The second-order valence-corrected chi connectivity index (χ2v) is 7.41. The number of hydrogen-bond donors (Lipinski definition) is 0. The van der Waals surface area contributed by atoms with Gasteiger partial charge in [0.2, 0.25) is 5.91 Å². The molecule has 0 spiro atoms. The zero-order chi connectivity index (χ0) is 19.3. The van der Waals surface area contributed by atoms with Crippen molar-refractivity contribution in [1.82, 2.24) is 15.1 Å². The maximum absolute atomic E-state index is 12.6. The molecular formula is C20H24ClN5O2. The van der Waals surface area contributed by atoms with Crippen molar-refractivity contribution in [3.63, 3.8) is 0 Å². The van der Waals surface area contributed by atoms with Crippen LogP contribution in [0.15, 0.2) is 36.5 Å². The second-order valence-electron chi connectivity index (χ2n) is 7.01. The predicted molar refractivity (Wildman–Crippen MR) is 109 cm³/mol. The molecule has 0 saturated carbocycles. The lowest BCUT2D eigenvalue weighted by Crippen LogP contribution is -2.49. The highest BCUT2D eigenvalue weighted by Gasteiger charge is 2.23. The van der Waals surface area contributed by atoms with E-state index < -0.39 is 0 Å². The van der Waals surface area contributed by atoms with Crippen molar-refractivity contribution in [1.29, 1.82) is 0 Å². The van der Waals surface area contributed by atoms with E-state index in [4.69, 9.17) is 16.3 Å². The third kappa shape index (κ3) is 4.36. The molecule has 4 rings (SSSR count). The molecule has 0 radical (unpaired) electrons. The average Bonchev–Trinajstić information content (AvgIpc) is 2.76. The summed E-state index contributed by atoms with van der Waals surface area (Å²) in [6.07, 6.45) is 2.14. The Morgan fingerprint density at radius 3 is 2.54 bits per heavy atom. The monoisotopic (exact) mass is 401 g/mol. The molecule has 0 unspecified atom stereocenters. The van der Waals surface area contributed by atoms with Crippen LogP contribution in [0.3, 0.4) is 0 Å². The van der Waals surface area contributed by atoms with Crippen molar-refractivity contribution in [2.45, 2.75) is 6.42 Å². The predicted octanol–water partition coefficient (Wildman–Crippen LogP) is 1.86. The zero-order valence-corrected chi connectivity index (χ0v) is 16.5. The molecule has 148 valence electrons. The van der Waals surface area contributed by atoms with E-state index in [1.54, 1.807) is 6.20 Å². The van der Waals surface area contributed by atoms with Gasteiger partial charge in [-0.15, -0.1) is 5.10 Å². The smallest absolute Gasteiger partial charge is 0.227 e. The van der Waals surface area contributed by atoms with Gasteiger partial charge in [0, 0.05) is 50.4 Å². The minimum atomic E-state index is 0.112. The van der Waals surface area contributed by atoms with Gasteiger partial charge >= 0.3 is 0 Å². The first-order valence-corrected chi connectivity index (χ1v) is 10.00. The molecule has 2 fully saturated rings. The van der Waals surface area contributed by atoms with Gasteiger partial charge in [-0.2, -0.15) is 5.10 Å². The number of morpholine rings is 1. The lowest BCUT2D eigenvalue weighted by Gasteiger charge is -2.36. The van der Waals surface area contributed by atoms with Crippen molar-refractivity contribution in [3.05, 3.63) is 47.1 Å². The Balaban J connectivity index is 1.35. The number of aromatic nitrogens is 2. The van der Waals surface area contributed by atoms with Crippen molar-refractivity contribution in [2.24, 2.45) is 0 Å². The fraction of sp³-hybridized carbons (Fsp3) is 0.450. The van der Waals surface area contributed by atoms with Crippen LogP contribution in [0.2, 0.25) is 5.02 Å². The fourth-order valence-electron chi connectivity index (χ4n) is 3.60. The van der Waals surface area contributed by atoms with Crippen LogP contribution in [0.25, 0.3) is 0 Å². The van der Waals surface area contributed by atoms with E-state index >= 15 is 0 Å². The number of amides is 1. The molecule has 2 aliphatic heterocycles. The number of piperazine rings is 1. The number of benzene rings is 1. The molecule has 28 heavy (non-hydrogen) atoms. The second kappa shape index (κ2) is 8.75. The van der Waals surface area contributed by atoms with E-state index in [0.29, 0.717) is 24.5 Å². The summed E-state index contributed by atoms with van der Waals surface area (Å²) in [4.78, 5) is 19.0. The summed E-state index contributed by atoms with van der Waals surface area (Å²) in [5, 5.41) is 9.13. The van der Waals surface area contributed by atoms with Crippen LogP contribution in [-0.2, 0) is 16.0 Å². The van der Waals surface area contributed by atoms with Gasteiger partial charge in [-0.05, 0) is 11.6 Å². The van der Waals surface area contributed by atoms with Crippen LogP contribution in [-0.4, -0.2) is 73.5 Å². The highest BCUT2D eigenvalue weighted by Crippen LogP contribution is 2.22. The van der Waals surface area contributed by atoms with Gasteiger partial charge in [-0.25, -0.2) is 0 Å². The molecule has 8 heteroatoms. The summed E-state index contributed by atoms with van der Waals surface area (Å²) in [7, 11) is 0. The van der Waals surface area contributed by atoms with E-state index in [1.165, 1.54) is 0 Å². The van der Waals surface area contributed by atoms with Gasteiger partial charge in [-0.1, -0.05) is 29.8 Å².